The predicted octanol–water partition coefficient (Wildman–Crippen LogP) is 5.85. The van der Waals surface area contributed by atoms with Crippen molar-refractivity contribution in [3.05, 3.63) is 46.7 Å². The molecule has 1 saturated heterocycles. The SMILES string of the molecule is O=C(Nc1cc2sc(C3CCCCC3)nc2cc1N1CCOCC1)c1cccc(C(F)(F)F)n1. The van der Waals surface area contributed by atoms with Gasteiger partial charge in [0, 0.05) is 19.0 Å². The zero-order valence-electron chi connectivity index (χ0n) is 18.5. The number of halogens is 3. The summed E-state index contributed by atoms with van der Waals surface area (Å²) in [7, 11) is 0. The molecular weight excluding hydrogens is 465 g/mol. The highest BCUT2D eigenvalue weighted by atomic mass is 32.1. The third-order valence-electron chi connectivity index (χ3n) is 6.35. The number of benzene rings is 1. The molecule has 2 aliphatic rings. The van der Waals surface area contributed by atoms with Gasteiger partial charge in [0.1, 0.15) is 11.4 Å². The number of pyridine rings is 1. The molecular formula is C24H25F3N4O2S. The maximum absolute atomic E-state index is 13.1. The van der Waals surface area contributed by atoms with Crippen molar-refractivity contribution in [1.29, 1.82) is 0 Å². The second-order valence-electron chi connectivity index (χ2n) is 8.68. The van der Waals surface area contributed by atoms with Crippen LogP contribution in [0.25, 0.3) is 10.2 Å². The minimum Gasteiger partial charge on any atom is -0.378 e. The van der Waals surface area contributed by atoms with Crippen molar-refractivity contribution in [1.82, 2.24) is 9.97 Å². The number of ether oxygens (including phenoxy) is 1. The molecule has 5 rings (SSSR count). The van der Waals surface area contributed by atoms with Crippen LogP contribution in [0.2, 0.25) is 0 Å². The first-order valence-electron chi connectivity index (χ1n) is 11.5. The van der Waals surface area contributed by atoms with Crippen molar-refractivity contribution in [2.45, 2.75) is 44.2 Å². The number of fused-ring (bicyclic) bond motifs is 1. The van der Waals surface area contributed by atoms with Gasteiger partial charge in [-0.2, -0.15) is 13.2 Å². The van der Waals surface area contributed by atoms with Crippen LogP contribution in [0, 0.1) is 0 Å². The van der Waals surface area contributed by atoms with E-state index in [2.05, 4.69) is 15.2 Å². The lowest BCUT2D eigenvalue weighted by atomic mass is 9.90. The Labute approximate surface area is 199 Å². The first kappa shape index (κ1) is 23.0. The van der Waals surface area contributed by atoms with Crippen molar-refractivity contribution >= 4 is 38.8 Å². The zero-order chi connectivity index (χ0) is 23.7. The van der Waals surface area contributed by atoms with Crippen LogP contribution in [-0.2, 0) is 10.9 Å². The molecule has 1 aliphatic heterocycles. The van der Waals surface area contributed by atoms with Crippen LogP contribution in [0.1, 0.15) is 59.2 Å². The van der Waals surface area contributed by atoms with Crippen LogP contribution in [0.3, 0.4) is 0 Å². The van der Waals surface area contributed by atoms with Gasteiger partial charge < -0.3 is 15.0 Å². The lowest BCUT2D eigenvalue weighted by Crippen LogP contribution is -2.36. The number of anilines is 2. The number of nitrogens with zero attached hydrogens (tertiary/aromatic N) is 3. The highest BCUT2D eigenvalue weighted by molar-refractivity contribution is 7.18. The standard InChI is InChI=1S/C24H25F3N4O2S/c25-24(26,27)21-8-4-7-16(28-21)22(32)29-17-14-20-18(13-19(17)31-9-11-33-12-10-31)30-23(34-20)15-5-2-1-3-6-15/h4,7-8,13-15H,1-3,5-6,9-12H2,(H,29,32). The number of thiazole rings is 1. The number of morpholine rings is 1. The molecule has 2 fully saturated rings. The van der Waals surface area contributed by atoms with E-state index in [-0.39, 0.29) is 5.69 Å². The third-order valence-corrected chi connectivity index (χ3v) is 7.53. The summed E-state index contributed by atoms with van der Waals surface area (Å²) in [5.41, 5.74) is 0.829. The van der Waals surface area contributed by atoms with Crippen LogP contribution in [0.5, 0.6) is 0 Å². The average molecular weight is 491 g/mol. The number of hydrogen-bond donors (Lipinski definition) is 1. The smallest absolute Gasteiger partial charge is 0.378 e. The van der Waals surface area contributed by atoms with Gasteiger partial charge >= 0.3 is 6.18 Å². The predicted molar refractivity (Wildman–Crippen MR) is 126 cm³/mol. The number of carbonyl (C=O) groups excluding carboxylic acids is 1. The maximum Gasteiger partial charge on any atom is 0.433 e. The molecule has 6 nitrogen and oxygen atoms in total. The Hall–Kier alpha value is -2.72. The molecule has 0 unspecified atom stereocenters. The van der Waals surface area contributed by atoms with Crippen molar-refractivity contribution in [2.75, 3.05) is 36.5 Å². The van der Waals surface area contributed by atoms with Crippen molar-refractivity contribution in [3.8, 4) is 0 Å². The number of nitrogens with one attached hydrogen (secondary N) is 1. The molecule has 34 heavy (non-hydrogen) atoms. The van der Waals surface area contributed by atoms with Crippen LogP contribution < -0.4 is 10.2 Å². The molecule has 1 saturated carbocycles. The van der Waals surface area contributed by atoms with Crippen LogP contribution in [0.15, 0.2) is 30.3 Å². The van der Waals surface area contributed by atoms with E-state index in [9.17, 15) is 18.0 Å². The highest BCUT2D eigenvalue weighted by Crippen LogP contribution is 2.40. The van der Waals surface area contributed by atoms with Gasteiger partial charge in [0.05, 0.1) is 39.8 Å². The Morgan fingerprint density at radius 1 is 1.09 bits per heavy atom. The number of carbonyl (C=O) groups is 1. The van der Waals surface area contributed by atoms with Gasteiger partial charge in [-0.25, -0.2) is 9.97 Å². The molecule has 0 bridgehead atoms. The van der Waals surface area contributed by atoms with Crippen molar-refractivity contribution in [3.63, 3.8) is 0 Å². The molecule has 3 heterocycles. The van der Waals surface area contributed by atoms with Gasteiger partial charge in [-0.15, -0.1) is 11.3 Å². The first-order chi connectivity index (χ1) is 16.4. The minimum atomic E-state index is -4.62. The molecule has 1 N–H and O–H groups in total. The quantitative estimate of drug-likeness (QED) is 0.497. The molecule has 1 aromatic carbocycles. The average Bonchev–Trinajstić information content (AvgIpc) is 3.27. The van der Waals surface area contributed by atoms with Gasteiger partial charge in [0.25, 0.3) is 5.91 Å². The van der Waals surface area contributed by atoms with Crippen molar-refractivity contribution in [2.24, 2.45) is 0 Å². The monoisotopic (exact) mass is 490 g/mol. The summed E-state index contributed by atoms with van der Waals surface area (Å²) < 4.78 is 45.6. The number of aromatic nitrogens is 2. The fraction of sp³-hybridized carbons (Fsp3) is 0.458. The summed E-state index contributed by atoms with van der Waals surface area (Å²) in [6, 6.07) is 7.18. The van der Waals surface area contributed by atoms with Gasteiger partial charge in [-0.3, -0.25) is 4.79 Å². The van der Waals surface area contributed by atoms with E-state index in [1.54, 1.807) is 11.3 Å². The Morgan fingerprint density at radius 3 is 2.59 bits per heavy atom. The number of amides is 1. The molecule has 0 spiro atoms. The third kappa shape index (κ3) is 4.88. The molecule has 1 amide bonds. The van der Waals surface area contributed by atoms with E-state index in [4.69, 9.17) is 9.72 Å². The summed E-state index contributed by atoms with van der Waals surface area (Å²) in [5.74, 6) is -0.220. The summed E-state index contributed by atoms with van der Waals surface area (Å²) in [6.07, 6.45) is 1.35. The van der Waals surface area contributed by atoms with Gasteiger partial charge in [-0.1, -0.05) is 25.3 Å². The molecule has 10 heteroatoms. The molecule has 3 aromatic rings. The van der Waals surface area contributed by atoms with E-state index in [0.717, 1.165) is 39.8 Å². The van der Waals surface area contributed by atoms with E-state index >= 15 is 0 Å². The largest absolute Gasteiger partial charge is 0.433 e. The lowest BCUT2D eigenvalue weighted by Gasteiger charge is -2.30. The normalized spacial score (nSPS) is 17.8. The van der Waals surface area contributed by atoms with E-state index in [1.807, 2.05) is 12.1 Å². The number of rotatable bonds is 4. The molecule has 180 valence electrons. The molecule has 0 radical (unpaired) electrons. The molecule has 0 atom stereocenters. The summed E-state index contributed by atoms with van der Waals surface area (Å²) in [6.45, 7) is 2.42. The maximum atomic E-state index is 13.1. The Balaban J connectivity index is 1.49. The summed E-state index contributed by atoms with van der Waals surface area (Å²) in [5, 5.41) is 3.93. The van der Waals surface area contributed by atoms with Crippen molar-refractivity contribution < 1.29 is 22.7 Å². The Morgan fingerprint density at radius 2 is 1.85 bits per heavy atom. The summed E-state index contributed by atoms with van der Waals surface area (Å²) in [4.78, 5) is 23.5. The van der Waals surface area contributed by atoms with E-state index < -0.39 is 17.8 Å². The second-order valence-corrected chi connectivity index (χ2v) is 9.75. The second kappa shape index (κ2) is 9.50. The highest BCUT2D eigenvalue weighted by Gasteiger charge is 2.33. The molecule has 1 aliphatic carbocycles. The number of hydrogen-bond acceptors (Lipinski definition) is 6. The van der Waals surface area contributed by atoms with Gasteiger partial charge in [-0.05, 0) is 37.1 Å². The summed E-state index contributed by atoms with van der Waals surface area (Å²) >= 11 is 1.63. The first-order valence-corrected chi connectivity index (χ1v) is 12.3. The fourth-order valence-corrected chi connectivity index (χ4v) is 5.73. The topological polar surface area (TPSA) is 67.4 Å². The minimum absolute atomic E-state index is 0.282. The zero-order valence-corrected chi connectivity index (χ0v) is 19.3. The van der Waals surface area contributed by atoms with E-state index in [1.165, 1.54) is 31.4 Å². The Bertz CT molecular complexity index is 1180. The van der Waals surface area contributed by atoms with Gasteiger partial charge in [0.2, 0.25) is 0 Å². The van der Waals surface area contributed by atoms with Crippen LogP contribution in [-0.4, -0.2) is 42.2 Å². The Kier molecular flexibility index (Phi) is 6.44. The molecule has 2 aromatic heterocycles. The number of alkyl halides is 3. The lowest BCUT2D eigenvalue weighted by molar-refractivity contribution is -0.141. The fourth-order valence-electron chi connectivity index (χ4n) is 4.58. The van der Waals surface area contributed by atoms with Gasteiger partial charge in [0.15, 0.2) is 0 Å². The van der Waals surface area contributed by atoms with Crippen LogP contribution in [0.4, 0.5) is 24.5 Å². The van der Waals surface area contributed by atoms with Crippen LogP contribution >= 0.6 is 11.3 Å². The van der Waals surface area contributed by atoms with E-state index in [0.29, 0.717) is 37.9 Å².